The first-order valence-corrected chi connectivity index (χ1v) is 6.04. The number of ether oxygens (including phenoxy) is 3. The summed E-state index contributed by atoms with van der Waals surface area (Å²) in [7, 11) is 7.01. The van der Waals surface area contributed by atoms with Gasteiger partial charge in [-0.05, 0) is 20.0 Å². The van der Waals surface area contributed by atoms with Gasteiger partial charge in [0.15, 0.2) is 0 Å². The van der Waals surface area contributed by atoms with Crippen LogP contribution in [0.15, 0.2) is 12.1 Å². The minimum Gasteiger partial charge on any atom is -0.496 e. The predicted octanol–water partition coefficient (Wildman–Crippen LogP) is 1.96. The Kier molecular flexibility index (Phi) is 5.95. The Morgan fingerprint density at radius 1 is 1.17 bits per heavy atom. The standard InChI is InChI=1S/C14H23NO3/c1-10-13(17-4)7-6-12(14(10)18-5)11(8-15-2)9-16-3/h6-7,11,15H,8-9H2,1-5H3. The lowest BCUT2D eigenvalue weighted by molar-refractivity contribution is 0.177. The zero-order chi connectivity index (χ0) is 13.5. The fraction of sp³-hybridized carbons (Fsp3) is 0.571. The Balaban J connectivity index is 3.16. The summed E-state index contributed by atoms with van der Waals surface area (Å²) in [4.78, 5) is 0. The second-order valence-corrected chi connectivity index (χ2v) is 4.23. The number of rotatable bonds is 7. The molecule has 4 nitrogen and oxygen atoms in total. The van der Waals surface area contributed by atoms with Crippen LogP contribution in [0.2, 0.25) is 0 Å². The van der Waals surface area contributed by atoms with Crippen molar-refractivity contribution in [2.75, 3.05) is 41.5 Å². The number of nitrogens with one attached hydrogen (secondary N) is 1. The van der Waals surface area contributed by atoms with Gasteiger partial charge < -0.3 is 19.5 Å². The zero-order valence-corrected chi connectivity index (χ0v) is 11.9. The quantitative estimate of drug-likeness (QED) is 0.806. The van der Waals surface area contributed by atoms with Crippen LogP contribution in [0.1, 0.15) is 17.0 Å². The molecule has 1 N–H and O–H groups in total. The van der Waals surface area contributed by atoms with Gasteiger partial charge in [-0.15, -0.1) is 0 Å². The summed E-state index contributed by atoms with van der Waals surface area (Å²) in [5.74, 6) is 1.99. The second kappa shape index (κ2) is 7.24. The Bertz CT molecular complexity index is 374. The van der Waals surface area contributed by atoms with Crippen LogP contribution in [0.5, 0.6) is 11.5 Å². The van der Waals surface area contributed by atoms with Crippen LogP contribution in [0.4, 0.5) is 0 Å². The molecule has 1 unspecified atom stereocenters. The first-order chi connectivity index (χ1) is 8.69. The van der Waals surface area contributed by atoms with Crippen LogP contribution < -0.4 is 14.8 Å². The third-order valence-corrected chi connectivity index (χ3v) is 3.07. The van der Waals surface area contributed by atoms with Crippen molar-refractivity contribution in [2.45, 2.75) is 12.8 Å². The molecule has 1 aromatic carbocycles. The molecule has 0 bridgehead atoms. The molecule has 0 aliphatic heterocycles. The molecule has 0 aliphatic carbocycles. The van der Waals surface area contributed by atoms with Crippen LogP contribution in [0.3, 0.4) is 0 Å². The van der Waals surface area contributed by atoms with Crippen molar-refractivity contribution in [2.24, 2.45) is 0 Å². The topological polar surface area (TPSA) is 39.7 Å². The summed E-state index contributed by atoms with van der Waals surface area (Å²) in [6.45, 7) is 3.50. The Morgan fingerprint density at radius 2 is 1.89 bits per heavy atom. The van der Waals surface area contributed by atoms with Crippen molar-refractivity contribution in [3.63, 3.8) is 0 Å². The summed E-state index contributed by atoms with van der Waals surface area (Å²) < 4.78 is 16.1. The molecule has 0 saturated carbocycles. The highest BCUT2D eigenvalue weighted by Crippen LogP contribution is 2.35. The van der Waals surface area contributed by atoms with Gasteiger partial charge in [-0.25, -0.2) is 0 Å². The van der Waals surface area contributed by atoms with Crippen molar-refractivity contribution in [3.05, 3.63) is 23.3 Å². The van der Waals surface area contributed by atoms with Gasteiger partial charge in [-0.3, -0.25) is 0 Å². The van der Waals surface area contributed by atoms with Gasteiger partial charge in [0.1, 0.15) is 11.5 Å². The number of hydrogen-bond acceptors (Lipinski definition) is 4. The van der Waals surface area contributed by atoms with E-state index in [1.165, 1.54) is 0 Å². The molecular weight excluding hydrogens is 230 g/mol. The van der Waals surface area contributed by atoms with Crippen molar-refractivity contribution in [1.82, 2.24) is 5.32 Å². The third-order valence-electron chi connectivity index (χ3n) is 3.07. The summed E-state index contributed by atoms with van der Waals surface area (Å²) >= 11 is 0. The smallest absolute Gasteiger partial charge is 0.129 e. The highest BCUT2D eigenvalue weighted by atomic mass is 16.5. The monoisotopic (exact) mass is 253 g/mol. The highest BCUT2D eigenvalue weighted by molar-refractivity contribution is 5.50. The molecule has 0 heterocycles. The fourth-order valence-electron chi connectivity index (χ4n) is 2.21. The maximum absolute atomic E-state index is 5.53. The van der Waals surface area contributed by atoms with E-state index in [2.05, 4.69) is 5.32 Å². The van der Waals surface area contributed by atoms with Crippen LogP contribution >= 0.6 is 0 Å². The molecule has 0 spiro atoms. The minimum absolute atomic E-state index is 0.263. The van der Waals surface area contributed by atoms with Gasteiger partial charge in [-0.1, -0.05) is 6.07 Å². The Hall–Kier alpha value is -1.26. The number of likely N-dealkylation sites (N-methyl/N-ethyl adjacent to an activating group) is 1. The number of methoxy groups -OCH3 is 3. The predicted molar refractivity (Wildman–Crippen MR) is 72.8 cm³/mol. The lowest BCUT2D eigenvalue weighted by Crippen LogP contribution is -2.21. The highest BCUT2D eigenvalue weighted by Gasteiger charge is 2.19. The SMILES string of the molecule is CNCC(COC)c1ccc(OC)c(C)c1OC. The van der Waals surface area contributed by atoms with E-state index in [4.69, 9.17) is 14.2 Å². The average Bonchev–Trinajstić information content (AvgIpc) is 2.38. The maximum Gasteiger partial charge on any atom is 0.129 e. The fourth-order valence-corrected chi connectivity index (χ4v) is 2.21. The minimum atomic E-state index is 0.263. The van der Waals surface area contributed by atoms with Gasteiger partial charge in [0.05, 0.1) is 20.8 Å². The number of hydrogen-bond donors (Lipinski definition) is 1. The Labute approximate surface area is 109 Å². The van der Waals surface area contributed by atoms with Gasteiger partial charge in [-0.2, -0.15) is 0 Å². The molecule has 1 aromatic rings. The Morgan fingerprint density at radius 3 is 2.39 bits per heavy atom. The van der Waals surface area contributed by atoms with Crippen molar-refractivity contribution in [3.8, 4) is 11.5 Å². The molecule has 4 heteroatoms. The largest absolute Gasteiger partial charge is 0.496 e. The van der Waals surface area contributed by atoms with Gasteiger partial charge in [0, 0.05) is 30.7 Å². The van der Waals surface area contributed by atoms with Crippen LogP contribution in [0, 0.1) is 6.92 Å². The molecule has 0 aromatic heterocycles. The van der Waals surface area contributed by atoms with E-state index in [-0.39, 0.29) is 5.92 Å². The van der Waals surface area contributed by atoms with Crippen molar-refractivity contribution >= 4 is 0 Å². The third kappa shape index (κ3) is 3.15. The molecule has 102 valence electrons. The van der Waals surface area contributed by atoms with Crippen LogP contribution in [0.25, 0.3) is 0 Å². The van der Waals surface area contributed by atoms with Gasteiger partial charge in [0.2, 0.25) is 0 Å². The first-order valence-electron chi connectivity index (χ1n) is 6.04. The van der Waals surface area contributed by atoms with E-state index in [9.17, 15) is 0 Å². The second-order valence-electron chi connectivity index (χ2n) is 4.23. The molecular formula is C14H23NO3. The van der Waals surface area contributed by atoms with Crippen molar-refractivity contribution < 1.29 is 14.2 Å². The molecule has 18 heavy (non-hydrogen) atoms. The molecule has 0 saturated heterocycles. The molecule has 1 rings (SSSR count). The summed E-state index contributed by atoms with van der Waals surface area (Å²) in [6, 6.07) is 4.03. The summed E-state index contributed by atoms with van der Waals surface area (Å²) in [5.41, 5.74) is 2.17. The molecule has 0 radical (unpaired) electrons. The zero-order valence-electron chi connectivity index (χ0n) is 11.9. The number of benzene rings is 1. The lowest BCUT2D eigenvalue weighted by Gasteiger charge is -2.21. The van der Waals surface area contributed by atoms with E-state index < -0.39 is 0 Å². The summed E-state index contributed by atoms with van der Waals surface area (Å²) in [5, 5.41) is 3.18. The molecule has 0 amide bonds. The van der Waals surface area contributed by atoms with E-state index >= 15 is 0 Å². The van der Waals surface area contributed by atoms with E-state index in [1.807, 2.05) is 26.1 Å². The van der Waals surface area contributed by atoms with E-state index in [0.29, 0.717) is 6.61 Å². The van der Waals surface area contributed by atoms with Gasteiger partial charge in [0.25, 0.3) is 0 Å². The maximum atomic E-state index is 5.53. The van der Waals surface area contributed by atoms with Gasteiger partial charge >= 0.3 is 0 Å². The molecule has 0 fully saturated rings. The first kappa shape index (κ1) is 14.8. The van der Waals surface area contributed by atoms with E-state index in [0.717, 1.165) is 29.2 Å². The normalized spacial score (nSPS) is 12.3. The molecule has 0 aliphatic rings. The van der Waals surface area contributed by atoms with Crippen LogP contribution in [-0.2, 0) is 4.74 Å². The van der Waals surface area contributed by atoms with E-state index in [1.54, 1.807) is 21.3 Å². The van der Waals surface area contributed by atoms with Crippen molar-refractivity contribution in [1.29, 1.82) is 0 Å². The van der Waals surface area contributed by atoms with Crippen LogP contribution in [-0.4, -0.2) is 41.5 Å². The lowest BCUT2D eigenvalue weighted by atomic mass is 9.96. The average molecular weight is 253 g/mol. The molecule has 1 atom stereocenters. The summed E-state index contributed by atoms with van der Waals surface area (Å²) in [6.07, 6.45) is 0.